The minimum atomic E-state index is -0.204. The number of carbonyl (C=O) groups is 1. The first-order chi connectivity index (χ1) is 13.1. The minimum absolute atomic E-state index is 0.0930. The highest BCUT2D eigenvalue weighted by molar-refractivity contribution is 5.95. The van der Waals surface area contributed by atoms with E-state index < -0.39 is 0 Å². The first-order valence-electron chi connectivity index (χ1n) is 8.19. The van der Waals surface area contributed by atoms with E-state index >= 15 is 0 Å². The van der Waals surface area contributed by atoms with Crippen LogP contribution in [0.2, 0.25) is 0 Å². The Morgan fingerprint density at radius 3 is 2.70 bits per heavy atom. The molecule has 27 heavy (non-hydrogen) atoms. The zero-order chi connectivity index (χ0) is 19.2. The van der Waals surface area contributed by atoms with Crippen LogP contribution in [0.3, 0.4) is 0 Å². The highest BCUT2D eigenvalue weighted by Crippen LogP contribution is 2.29. The van der Waals surface area contributed by atoms with E-state index in [4.69, 9.17) is 9.47 Å². The number of amides is 1. The number of ether oxygens (including phenoxy) is 2. The maximum atomic E-state index is 12.3. The molecular formula is C18H20N6O3. The SMILES string of the molecule is COc1ccc(NC(=O)CNc2cccc(-c3nnnn3C)c2)c(OC)c1. The Morgan fingerprint density at radius 2 is 2.00 bits per heavy atom. The van der Waals surface area contributed by atoms with Crippen molar-refractivity contribution in [2.75, 3.05) is 31.4 Å². The van der Waals surface area contributed by atoms with Crippen molar-refractivity contribution in [2.45, 2.75) is 0 Å². The van der Waals surface area contributed by atoms with Crippen LogP contribution in [0.15, 0.2) is 42.5 Å². The minimum Gasteiger partial charge on any atom is -0.497 e. The monoisotopic (exact) mass is 368 g/mol. The van der Waals surface area contributed by atoms with Gasteiger partial charge in [0.2, 0.25) is 5.91 Å². The molecular weight excluding hydrogens is 348 g/mol. The Labute approximate surface area is 156 Å². The highest BCUT2D eigenvalue weighted by atomic mass is 16.5. The molecule has 0 radical (unpaired) electrons. The van der Waals surface area contributed by atoms with E-state index in [1.165, 1.54) is 7.11 Å². The van der Waals surface area contributed by atoms with Gasteiger partial charge < -0.3 is 20.1 Å². The molecule has 2 N–H and O–H groups in total. The molecule has 3 aromatic rings. The van der Waals surface area contributed by atoms with E-state index in [-0.39, 0.29) is 12.5 Å². The number of benzene rings is 2. The van der Waals surface area contributed by atoms with Gasteiger partial charge in [-0.3, -0.25) is 4.79 Å². The summed E-state index contributed by atoms with van der Waals surface area (Å²) in [6.45, 7) is 0.0930. The molecule has 0 bridgehead atoms. The molecule has 1 heterocycles. The number of methoxy groups -OCH3 is 2. The van der Waals surface area contributed by atoms with Gasteiger partial charge in [0, 0.05) is 24.4 Å². The second-order valence-corrected chi connectivity index (χ2v) is 5.67. The predicted molar refractivity (Wildman–Crippen MR) is 101 cm³/mol. The van der Waals surface area contributed by atoms with Gasteiger partial charge in [0.1, 0.15) is 11.5 Å². The summed E-state index contributed by atoms with van der Waals surface area (Å²) in [5.74, 6) is 1.62. The Balaban J connectivity index is 1.64. The third-order valence-electron chi connectivity index (χ3n) is 3.88. The van der Waals surface area contributed by atoms with Crippen molar-refractivity contribution in [3.05, 3.63) is 42.5 Å². The second-order valence-electron chi connectivity index (χ2n) is 5.67. The van der Waals surface area contributed by atoms with Crippen molar-refractivity contribution in [3.63, 3.8) is 0 Å². The van der Waals surface area contributed by atoms with E-state index in [1.807, 2.05) is 24.3 Å². The molecule has 0 aliphatic heterocycles. The molecule has 0 saturated carbocycles. The summed E-state index contributed by atoms with van der Waals surface area (Å²) < 4.78 is 12.0. The molecule has 0 aliphatic rings. The Hall–Kier alpha value is -3.62. The average molecular weight is 368 g/mol. The number of nitrogens with zero attached hydrogens (tertiary/aromatic N) is 4. The zero-order valence-corrected chi connectivity index (χ0v) is 15.3. The number of carbonyl (C=O) groups excluding carboxylic acids is 1. The van der Waals surface area contributed by atoms with Crippen LogP contribution >= 0.6 is 0 Å². The molecule has 1 aromatic heterocycles. The lowest BCUT2D eigenvalue weighted by molar-refractivity contribution is -0.114. The molecule has 3 rings (SSSR count). The van der Waals surface area contributed by atoms with E-state index in [9.17, 15) is 4.79 Å². The van der Waals surface area contributed by atoms with E-state index in [1.54, 1.807) is 37.0 Å². The number of aryl methyl sites for hydroxylation is 1. The normalized spacial score (nSPS) is 10.3. The van der Waals surface area contributed by atoms with E-state index in [0.717, 1.165) is 11.3 Å². The van der Waals surface area contributed by atoms with Crippen molar-refractivity contribution < 1.29 is 14.3 Å². The first-order valence-corrected chi connectivity index (χ1v) is 8.19. The van der Waals surface area contributed by atoms with Gasteiger partial charge in [-0.1, -0.05) is 12.1 Å². The maximum absolute atomic E-state index is 12.3. The molecule has 9 heteroatoms. The van der Waals surface area contributed by atoms with Gasteiger partial charge in [0.05, 0.1) is 26.5 Å². The van der Waals surface area contributed by atoms with Gasteiger partial charge in [0.15, 0.2) is 5.82 Å². The highest BCUT2D eigenvalue weighted by Gasteiger charge is 2.10. The fourth-order valence-corrected chi connectivity index (χ4v) is 2.52. The van der Waals surface area contributed by atoms with Crippen LogP contribution < -0.4 is 20.1 Å². The summed E-state index contributed by atoms with van der Waals surface area (Å²) in [4.78, 5) is 12.3. The Morgan fingerprint density at radius 1 is 1.15 bits per heavy atom. The summed E-state index contributed by atoms with van der Waals surface area (Å²) in [5.41, 5.74) is 2.21. The fraction of sp³-hybridized carbons (Fsp3) is 0.222. The topological polar surface area (TPSA) is 103 Å². The average Bonchev–Trinajstić information content (AvgIpc) is 3.13. The second kappa shape index (κ2) is 8.17. The molecule has 9 nitrogen and oxygen atoms in total. The number of hydrogen-bond acceptors (Lipinski definition) is 7. The van der Waals surface area contributed by atoms with E-state index in [0.29, 0.717) is 23.0 Å². The first kappa shape index (κ1) is 18.2. The van der Waals surface area contributed by atoms with Gasteiger partial charge in [-0.15, -0.1) is 5.10 Å². The summed E-state index contributed by atoms with van der Waals surface area (Å²) in [5, 5.41) is 17.3. The lowest BCUT2D eigenvalue weighted by atomic mass is 10.2. The number of aromatic nitrogens is 4. The zero-order valence-electron chi connectivity index (χ0n) is 15.3. The summed E-state index contributed by atoms with van der Waals surface area (Å²) in [7, 11) is 4.88. The number of rotatable bonds is 7. The summed E-state index contributed by atoms with van der Waals surface area (Å²) in [6, 6.07) is 12.7. The number of nitrogens with one attached hydrogen (secondary N) is 2. The molecule has 0 fully saturated rings. The molecule has 0 atom stereocenters. The molecule has 2 aromatic carbocycles. The van der Waals surface area contributed by atoms with Crippen molar-refractivity contribution in [2.24, 2.45) is 7.05 Å². The third kappa shape index (κ3) is 4.32. The van der Waals surface area contributed by atoms with Crippen molar-refractivity contribution in [1.82, 2.24) is 20.2 Å². The van der Waals surface area contributed by atoms with Crippen LogP contribution in [-0.2, 0) is 11.8 Å². The maximum Gasteiger partial charge on any atom is 0.243 e. The van der Waals surface area contributed by atoms with Gasteiger partial charge in [-0.25, -0.2) is 4.68 Å². The third-order valence-corrected chi connectivity index (χ3v) is 3.88. The van der Waals surface area contributed by atoms with E-state index in [2.05, 4.69) is 26.2 Å². The Bertz CT molecular complexity index is 940. The molecule has 0 unspecified atom stereocenters. The lowest BCUT2D eigenvalue weighted by Gasteiger charge is -2.12. The fourth-order valence-electron chi connectivity index (χ4n) is 2.52. The van der Waals surface area contributed by atoms with Crippen LogP contribution in [0.25, 0.3) is 11.4 Å². The smallest absolute Gasteiger partial charge is 0.243 e. The van der Waals surface area contributed by atoms with Crippen molar-refractivity contribution in [3.8, 4) is 22.9 Å². The number of anilines is 2. The van der Waals surface area contributed by atoms with Crippen LogP contribution in [0.4, 0.5) is 11.4 Å². The number of tetrazole rings is 1. The quantitative estimate of drug-likeness (QED) is 0.657. The van der Waals surface area contributed by atoms with Crippen LogP contribution in [0.1, 0.15) is 0 Å². The van der Waals surface area contributed by atoms with Crippen molar-refractivity contribution in [1.29, 1.82) is 0 Å². The van der Waals surface area contributed by atoms with Crippen LogP contribution in [-0.4, -0.2) is 46.9 Å². The summed E-state index contributed by atoms with van der Waals surface area (Å²) in [6.07, 6.45) is 0. The molecule has 0 saturated heterocycles. The van der Waals surface area contributed by atoms with Gasteiger partial charge >= 0.3 is 0 Å². The lowest BCUT2D eigenvalue weighted by Crippen LogP contribution is -2.22. The Kier molecular flexibility index (Phi) is 5.50. The van der Waals surface area contributed by atoms with Crippen molar-refractivity contribution >= 4 is 17.3 Å². The molecule has 1 amide bonds. The van der Waals surface area contributed by atoms with Gasteiger partial charge in [-0.2, -0.15) is 0 Å². The molecule has 140 valence electrons. The standard InChI is InChI=1S/C18H20N6O3/c1-24-18(21-22-23-24)12-5-4-6-13(9-12)19-11-17(25)20-15-8-7-14(26-2)10-16(15)27-3/h4-10,19H,11H2,1-3H3,(H,20,25). The molecule has 0 spiro atoms. The van der Waals surface area contributed by atoms with Crippen LogP contribution in [0.5, 0.6) is 11.5 Å². The predicted octanol–water partition coefficient (Wildman–Crippen LogP) is 1.94. The van der Waals surface area contributed by atoms with Crippen LogP contribution in [0, 0.1) is 0 Å². The largest absolute Gasteiger partial charge is 0.497 e. The van der Waals surface area contributed by atoms with Gasteiger partial charge in [0.25, 0.3) is 0 Å². The number of hydrogen-bond donors (Lipinski definition) is 2. The van der Waals surface area contributed by atoms with Gasteiger partial charge in [-0.05, 0) is 34.7 Å². The summed E-state index contributed by atoms with van der Waals surface area (Å²) >= 11 is 0. The molecule has 0 aliphatic carbocycles.